The fourth-order valence-corrected chi connectivity index (χ4v) is 4.38. The molecule has 0 N–H and O–H groups in total. The molecule has 0 radical (unpaired) electrons. The Morgan fingerprint density at radius 2 is 1.84 bits per heavy atom. The molecule has 1 aromatic heterocycles. The molecule has 6 nitrogen and oxygen atoms in total. The number of aromatic nitrogens is 1. The van der Waals surface area contributed by atoms with Gasteiger partial charge in [0.2, 0.25) is 0 Å². The molecule has 2 aliphatic rings. The summed E-state index contributed by atoms with van der Waals surface area (Å²) in [5.74, 6) is 1.84. The van der Waals surface area contributed by atoms with Gasteiger partial charge in [-0.2, -0.15) is 0 Å². The molecule has 1 fully saturated rings. The van der Waals surface area contributed by atoms with E-state index < -0.39 is 0 Å². The van der Waals surface area contributed by atoms with E-state index in [4.69, 9.17) is 9.47 Å². The second-order valence-electron chi connectivity index (χ2n) is 8.56. The monoisotopic (exact) mass is 430 g/mol. The van der Waals surface area contributed by atoms with Crippen LogP contribution >= 0.6 is 0 Å². The van der Waals surface area contributed by atoms with Crippen LogP contribution in [0.1, 0.15) is 11.3 Å². The van der Waals surface area contributed by atoms with Crippen molar-refractivity contribution in [3.05, 3.63) is 72.3 Å². The summed E-state index contributed by atoms with van der Waals surface area (Å²) in [5.41, 5.74) is 4.47. The summed E-state index contributed by atoms with van der Waals surface area (Å²) in [6.45, 7) is 8.89. The third-order valence-electron chi connectivity index (χ3n) is 6.25. The van der Waals surface area contributed by atoms with Crippen molar-refractivity contribution in [1.29, 1.82) is 0 Å². The highest BCUT2D eigenvalue weighted by molar-refractivity contribution is 5.85. The number of pyridine rings is 1. The summed E-state index contributed by atoms with van der Waals surface area (Å²) in [6, 6.07) is 16.7. The molecule has 1 saturated heterocycles. The van der Waals surface area contributed by atoms with Crippen molar-refractivity contribution in [1.82, 2.24) is 14.8 Å². The summed E-state index contributed by atoms with van der Waals surface area (Å²) in [4.78, 5) is 11.7. The molecule has 32 heavy (non-hydrogen) atoms. The van der Waals surface area contributed by atoms with Crippen LogP contribution in [0.5, 0.6) is 11.5 Å². The van der Waals surface area contributed by atoms with E-state index in [9.17, 15) is 0 Å². The average molecular weight is 431 g/mol. The molecule has 0 amide bonds. The largest absolute Gasteiger partial charge is 0.492 e. The van der Waals surface area contributed by atoms with Gasteiger partial charge in [-0.15, -0.1) is 0 Å². The second kappa shape index (κ2) is 9.18. The standard InChI is InChI=1S/C26H30N4O2/c1-20-6-8-22-23(27-20)4-3-5-25(22)31-17-15-29-10-12-30(13-11-29)19-21-7-9-26-24(18-21)28(2)14-16-32-26/h3-9,14,16,18H,10-13,15,17,19H2,1-2H3. The quantitative estimate of drug-likeness (QED) is 0.588. The van der Waals surface area contributed by atoms with E-state index in [1.165, 1.54) is 5.56 Å². The van der Waals surface area contributed by atoms with Crippen LogP contribution in [0.15, 0.2) is 61.0 Å². The number of rotatable bonds is 6. The van der Waals surface area contributed by atoms with Crippen LogP contribution in [0, 0.1) is 6.92 Å². The maximum Gasteiger partial charge on any atom is 0.150 e. The van der Waals surface area contributed by atoms with Gasteiger partial charge in [0.25, 0.3) is 0 Å². The number of aryl methyl sites for hydroxylation is 1. The fraction of sp³-hybridized carbons (Fsp3) is 0.346. The van der Waals surface area contributed by atoms with E-state index in [1.807, 2.05) is 37.4 Å². The molecule has 2 aromatic carbocycles. The minimum Gasteiger partial charge on any atom is -0.492 e. The van der Waals surface area contributed by atoms with Gasteiger partial charge < -0.3 is 14.4 Å². The average Bonchev–Trinajstić information content (AvgIpc) is 2.81. The van der Waals surface area contributed by atoms with Crippen LogP contribution in [0.25, 0.3) is 10.9 Å². The summed E-state index contributed by atoms with van der Waals surface area (Å²) in [5, 5.41) is 1.08. The number of piperazine rings is 1. The topological polar surface area (TPSA) is 41.1 Å². The Hall–Kier alpha value is -3.09. The Bertz CT molecular complexity index is 1120. The van der Waals surface area contributed by atoms with Gasteiger partial charge in [-0.05, 0) is 48.9 Å². The van der Waals surface area contributed by atoms with E-state index in [1.54, 1.807) is 6.26 Å². The van der Waals surface area contributed by atoms with Crippen molar-refractivity contribution in [2.45, 2.75) is 13.5 Å². The van der Waals surface area contributed by atoms with Crippen molar-refractivity contribution in [3.8, 4) is 11.5 Å². The lowest BCUT2D eigenvalue weighted by atomic mass is 10.1. The number of nitrogens with zero attached hydrogens (tertiary/aromatic N) is 4. The Kier molecular flexibility index (Phi) is 5.97. The number of hydrogen-bond acceptors (Lipinski definition) is 6. The lowest BCUT2D eigenvalue weighted by Gasteiger charge is -2.34. The van der Waals surface area contributed by atoms with E-state index in [0.717, 1.165) is 73.1 Å². The number of benzene rings is 2. The number of anilines is 1. The number of ether oxygens (including phenoxy) is 2. The molecule has 0 aliphatic carbocycles. The van der Waals surface area contributed by atoms with Gasteiger partial charge >= 0.3 is 0 Å². The van der Waals surface area contributed by atoms with Gasteiger partial charge in [-0.3, -0.25) is 14.8 Å². The minimum atomic E-state index is 0.692. The zero-order chi connectivity index (χ0) is 21.9. The van der Waals surface area contributed by atoms with Gasteiger partial charge in [-0.1, -0.05) is 12.1 Å². The summed E-state index contributed by atoms with van der Waals surface area (Å²) < 4.78 is 11.7. The molecule has 6 heteroatoms. The van der Waals surface area contributed by atoms with Gasteiger partial charge in [0.15, 0.2) is 0 Å². The van der Waals surface area contributed by atoms with Crippen molar-refractivity contribution in [2.75, 3.05) is 51.3 Å². The SMILES string of the molecule is Cc1ccc2c(OCCN3CCN(Cc4ccc5c(c4)N(C)C=CO5)CC3)cccc2n1. The molecule has 5 rings (SSSR count). The molecular weight excluding hydrogens is 400 g/mol. The zero-order valence-corrected chi connectivity index (χ0v) is 18.8. The Labute approximate surface area is 189 Å². The maximum absolute atomic E-state index is 6.13. The second-order valence-corrected chi connectivity index (χ2v) is 8.56. The maximum atomic E-state index is 6.13. The van der Waals surface area contributed by atoms with E-state index >= 15 is 0 Å². The number of hydrogen-bond donors (Lipinski definition) is 0. The Balaban J connectivity index is 1.10. The molecule has 3 heterocycles. The highest BCUT2D eigenvalue weighted by atomic mass is 16.5. The Morgan fingerprint density at radius 1 is 1.00 bits per heavy atom. The van der Waals surface area contributed by atoms with Crippen molar-refractivity contribution in [3.63, 3.8) is 0 Å². The van der Waals surface area contributed by atoms with Gasteiger partial charge in [0, 0.05) is 63.6 Å². The van der Waals surface area contributed by atoms with Crippen molar-refractivity contribution < 1.29 is 9.47 Å². The minimum absolute atomic E-state index is 0.692. The molecule has 0 spiro atoms. The normalized spacial score (nSPS) is 16.8. The first-order valence-electron chi connectivity index (χ1n) is 11.3. The van der Waals surface area contributed by atoms with Crippen LogP contribution in [-0.4, -0.2) is 61.2 Å². The highest BCUT2D eigenvalue weighted by Gasteiger charge is 2.18. The molecule has 0 bridgehead atoms. The highest BCUT2D eigenvalue weighted by Crippen LogP contribution is 2.32. The predicted molar refractivity (Wildman–Crippen MR) is 128 cm³/mol. The first-order valence-corrected chi connectivity index (χ1v) is 11.3. The lowest BCUT2D eigenvalue weighted by Crippen LogP contribution is -2.47. The Morgan fingerprint density at radius 3 is 2.72 bits per heavy atom. The molecule has 166 valence electrons. The summed E-state index contributed by atoms with van der Waals surface area (Å²) in [7, 11) is 2.05. The van der Waals surface area contributed by atoms with Crippen molar-refractivity contribution in [2.24, 2.45) is 0 Å². The molecule has 3 aromatic rings. The van der Waals surface area contributed by atoms with E-state index in [0.29, 0.717) is 6.61 Å². The summed E-state index contributed by atoms with van der Waals surface area (Å²) >= 11 is 0. The van der Waals surface area contributed by atoms with Crippen LogP contribution in [0.2, 0.25) is 0 Å². The van der Waals surface area contributed by atoms with Crippen LogP contribution in [0.4, 0.5) is 5.69 Å². The molecular formula is C26H30N4O2. The smallest absolute Gasteiger partial charge is 0.150 e. The third kappa shape index (κ3) is 4.56. The molecule has 0 atom stereocenters. The third-order valence-corrected chi connectivity index (χ3v) is 6.25. The van der Waals surface area contributed by atoms with Crippen LogP contribution in [0.3, 0.4) is 0 Å². The predicted octanol–water partition coefficient (Wildman–Crippen LogP) is 4.04. The van der Waals surface area contributed by atoms with Crippen LogP contribution in [-0.2, 0) is 6.54 Å². The number of fused-ring (bicyclic) bond motifs is 2. The molecule has 2 aliphatic heterocycles. The van der Waals surface area contributed by atoms with Gasteiger partial charge in [0.05, 0.1) is 11.2 Å². The lowest BCUT2D eigenvalue weighted by molar-refractivity contribution is 0.113. The molecule has 0 unspecified atom stereocenters. The molecule has 0 saturated carbocycles. The van der Waals surface area contributed by atoms with Gasteiger partial charge in [-0.25, -0.2) is 0 Å². The summed E-state index contributed by atoms with van der Waals surface area (Å²) in [6.07, 6.45) is 3.67. The zero-order valence-electron chi connectivity index (χ0n) is 18.8. The van der Waals surface area contributed by atoms with E-state index in [-0.39, 0.29) is 0 Å². The fourth-order valence-electron chi connectivity index (χ4n) is 4.38. The van der Waals surface area contributed by atoms with Crippen LogP contribution < -0.4 is 14.4 Å². The van der Waals surface area contributed by atoms with E-state index in [2.05, 4.69) is 51.0 Å². The van der Waals surface area contributed by atoms with Gasteiger partial charge in [0.1, 0.15) is 24.4 Å². The first-order chi connectivity index (χ1) is 15.7. The van der Waals surface area contributed by atoms with Crippen molar-refractivity contribution >= 4 is 16.6 Å². The first kappa shape index (κ1) is 20.8.